The van der Waals surface area contributed by atoms with Crippen LogP contribution in [0.1, 0.15) is 119 Å². The maximum Gasteiger partial charge on any atom is 0.308 e. The second-order valence-corrected chi connectivity index (χ2v) is 11.3. The molecule has 1 aromatic carbocycles. The minimum absolute atomic E-state index is 0.147. The molecule has 1 rings (SSSR count). The zero-order valence-electron chi connectivity index (χ0n) is 25.0. The van der Waals surface area contributed by atoms with Crippen LogP contribution in [0.4, 0.5) is 0 Å². The van der Waals surface area contributed by atoms with Crippen LogP contribution in [-0.2, 0) is 20.8 Å². The van der Waals surface area contributed by atoms with Crippen molar-refractivity contribution in [2.24, 2.45) is 17.8 Å². The van der Waals surface area contributed by atoms with Gasteiger partial charge in [-0.1, -0.05) is 84.3 Å². The number of hydrogen-bond donors (Lipinski definition) is 0. The summed E-state index contributed by atoms with van der Waals surface area (Å²) < 4.78 is 15.9. The molecule has 0 N–H and O–H groups in total. The van der Waals surface area contributed by atoms with Crippen molar-refractivity contribution in [2.75, 3.05) is 0 Å². The molecule has 0 saturated carbocycles. The summed E-state index contributed by atoms with van der Waals surface area (Å²) in [4.78, 5) is 34.8. The van der Waals surface area contributed by atoms with Crippen LogP contribution in [0.15, 0.2) is 23.8 Å². The quantitative estimate of drug-likeness (QED) is 0.114. The van der Waals surface area contributed by atoms with Crippen LogP contribution >= 0.6 is 0 Å². The Hall–Kier alpha value is -2.63. The van der Waals surface area contributed by atoms with E-state index in [9.17, 15) is 14.4 Å². The predicted molar refractivity (Wildman–Crippen MR) is 153 cm³/mol. The topological polar surface area (TPSA) is 78.9 Å². The molecule has 0 aliphatic carbocycles. The lowest BCUT2D eigenvalue weighted by molar-refractivity contribution is -0.132. The first-order chi connectivity index (χ1) is 17.9. The van der Waals surface area contributed by atoms with Crippen molar-refractivity contribution in [2.45, 2.75) is 120 Å². The highest BCUT2D eigenvalue weighted by Gasteiger charge is 2.18. The molecule has 0 amide bonds. The number of benzene rings is 1. The van der Waals surface area contributed by atoms with Crippen LogP contribution in [-0.4, -0.2) is 17.9 Å². The smallest absolute Gasteiger partial charge is 0.308 e. The molecule has 2 atom stereocenters. The van der Waals surface area contributed by atoms with Crippen molar-refractivity contribution in [3.8, 4) is 17.2 Å². The Bertz CT molecular complexity index is 893. The molecular weight excluding hydrogens is 480 g/mol. The molecule has 0 bridgehead atoms. The van der Waals surface area contributed by atoms with Crippen molar-refractivity contribution in [1.29, 1.82) is 0 Å². The number of hydrogen-bond acceptors (Lipinski definition) is 6. The zero-order valence-corrected chi connectivity index (χ0v) is 25.0. The zero-order chi connectivity index (χ0) is 28.7. The van der Waals surface area contributed by atoms with Gasteiger partial charge in [-0.15, -0.1) is 0 Å². The number of carbonyl (C=O) groups excluding carboxylic acids is 3. The van der Waals surface area contributed by atoms with Crippen molar-refractivity contribution in [3.63, 3.8) is 0 Å². The first-order valence-electron chi connectivity index (χ1n) is 14.2. The standard InChI is InChI=1S/C32H50O6/c1-22(2)12-9-13-23(3)14-10-15-24(4)16-11-17-25(5)18-19-30-31(37-27(7)34)20-29(36-26(6)33)21-32(30)38-28(8)35/h18,20-24H,9-17,19H2,1-8H3/b25-18+. The van der Waals surface area contributed by atoms with Crippen LogP contribution < -0.4 is 14.2 Å². The molecule has 6 nitrogen and oxygen atoms in total. The molecule has 0 radical (unpaired) electrons. The summed E-state index contributed by atoms with van der Waals surface area (Å²) >= 11 is 0. The maximum atomic E-state index is 11.7. The minimum atomic E-state index is -0.526. The van der Waals surface area contributed by atoms with Gasteiger partial charge < -0.3 is 14.2 Å². The Labute approximate surface area is 230 Å². The van der Waals surface area contributed by atoms with Gasteiger partial charge in [0, 0.05) is 38.5 Å². The third kappa shape index (κ3) is 14.9. The highest BCUT2D eigenvalue weighted by Crippen LogP contribution is 2.36. The molecule has 0 aliphatic heterocycles. The van der Waals surface area contributed by atoms with Crippen LogP contribution in [0.25, 0.3) is 0 Å². The third-order valence-corrected chi connectivity index (χ3v) is 6.71. The molecule has 0 heterocycles. The van der Waals surface area contributed by atoms with Crippen molar-refractivity contribution >= 4 is 17.9 Å². The average molecular weight is 531 g/mol. The van der Waals surface area contributed by atoms with Crippen molar-refractivity contribution in [1.82, 2.24) is 0 Å². The van der Waals surface area contributed by atoms with E-state index in [0.29, 0.717) is 17.9 Å². The summed E-state index contributed by atoms with van der Waals surface area (Å²) in [5.74, 6) is 1.36. The van der Waals surface area contributed by atoms with Crippen molar-refractivity contribution < 1.29 is 28.6 Å². The highest BCUT2D eigenvalue weighted by molar-refractivity contribution is 5.75. The lowest BCUT2D eigenvalue weighted by atomic mass is 9.91. The monoisotopic (exact) mass is 530 g/mol. The Morgan fingerprint density at radius 1 is 0.684 bits per heavy atom. The number of rotatable bonds is 17. The van der Waals surface area contributed by atoms with E-state index in [4.69, 9.17) is 14.2 Å². The van der Waals surface area contributed by atoms with Gasteiger partial charge in [-0.25, -0.2) is 0 Å². The predicted octanol–water partition coefficient (Wildman–Crippen LogP) is 8.39. The van der Waals surface area contributed by atoms with E-state index >= 15 is 0 Å². The van der Waals surface area contributed by atoms with E-state index in [-0.39, 0.29) is 17.2 Å². The maximum absolute atomic E-state index is 11.7. The molecule has 0 spiro atoms. The van der Waals surface area contributed by atoms with Gasteiger partial charge in [0.1, 0.15) is 17.2 Å². The van der Waals surface area contributed by atoms with E-state index in [0.717, 1.165) is 24.7 Å². The van der Waals surface area contributed by atoms with Gasteiger partial charge in [0.05, 0.1) is 0 Å². The Morgan fingerprint density at radius 2 is 1.13 bits per heavy atom. The van der Waals surface area contributed by atoms with Gasteiger partial charge in [0.2, 0.25) is 0 Å². The van der Waals surface area contributed by atoms with E-state index in [1.165, 1.54) is 83.4 Å². The second kappa shape index (κ2) is 17.8. The van der Waals surface area contributed by atoms with Gasteiger partial charge in [-0.05, 0) is 43.9 Å². The summed E-state index contributed by atoms with van der Waals surface area (Å²) in [6, 6.07) is 2.95. The van der Waals surface area contributed by atoms with Crippen molar-refractivity contribution in [3.05, 3.63) is 29.3 Å². The minimum Gasteiger partial charge on any atom is -0.426 e. The molecule has 0 aliphatic rings. The molecule has 6 heteroatoms. The molecule has 0 fully saturated rings. The van der Waals surface area contributed by atoms with Gasteiger partial charge in [-0.3, -0.25) is 14.4 Å². The van der Waals surface area contributed by atoms with Gasteiger partial charge in [0.25, 0.3) is 0 Å². The van der Waals surface area contributed by atoms with E-state index < -0.39 is 17.9 Å². The van der Waals surface area contributed by atoms with Crippen LogP contribution in [0.5, 0.6) is 17.2 Å². The van der Waals surface area contributed by atoms with Crippen LogP contribution in [0, 0.1) is 17.8 Å². The second-order valence-electron chi connectivity index (χ2n) is 11.3. The fraction of sp³-hybridized carbons (Fsp3) is 0.656. The van der Waals surface area contributed by atoms with Crippen LogP contribution in [0.2, 0.25) is 0 Å². The van der Waals surface area contributed by atoms with E-state index in [1.54, 1.807) is 0 Å². The molecular formula is C32H50O6. The molecule has 38 heavy (non-hydrogen) atoms. The Morgan fingerprint density at radius 3 is 1.58 bits per heavy atom. The lowest BCUT2D eigenvalue weighted by Gasteiger charge is -2.16. The number of ether oxygens (including phenoxy) is 3. The Balaban J connectivity index is 2.68. The van der Waals surface area contributed by atoms with Crippen LogP contribution in [0.3, 0.4) is 0 Å². The summed E-state index contributed by atoms with van der Waals surface area (Å²) in [6.07, 6.45) is 13.7. The summed E-state index contributed by atoms with van der Waals surface area (Å²) in [7, 11) is 0. The largest absolute Gasteiger partial charge is 0.426 e. The number of esters is 3. The average Bonchev–Trinajstić information content (AvgIpc) is 2.77. The number of carbonyl (C=O) groups is 3. The SMILES string of the molecule is CC(=O)Oc1cc(OC(C)=O)c(C/C=C(\C)CCCC(C)CCCC(C)CCCC(C)C)c(OC(C)=O)c1. The third-order valence-electron chi connectivity index (χ3n) is 6.71. The molecule has 0 saturated heterocycles. The fourth-order valence-corrected chi connectivity index (χ4v) is 4.60. The highest BCUT2D eigenvalue weighted by atomic mass is 16.6. The summed E-state index contributed by atoms with van der Waals surface area (Å²) in [5, 5.41) is 0. The first kappa shape index (κ1) is 33.4. The van der Waals surface area contributed by atoms with Gasteiger partial charge >= 0.3 is 17.9 Å². The molecule has 0 aromatic heterocycles. The van der Waals surface area contributed by atoms with E-state index in [2.05, 4.69) is 40.7 Å². The number of allylic oxidation sites excluding steroid dienone is 2. The molecule has 214 valence electrons. The summed E-state index contributed by atoms with van der Waals surface area (Å²) in [6.45, 7) is 15.3. The fourth-order valence-electron chi connectivity index (χ4n) is 4.60. The first-order valence-corrected chi connectivity index (χ1v) is 14.2. The molecule has 2 unspecified atom stereocenters. The molecule has 1 aromatic rings. The summed E-state index contributed by atoms with van der Waals surface area (Å²) in [5.41, 5.74) is 1.78. The van der Waals surface area contributed by atoms with Gasteiger partial charge in [-0.2, -0.15) is 0 Å². The van der Waals surface area contributed by atoms with E-state index in [1.807, 2.05) is 0 Å². The lowest BCUT2D eigenvalue weighted by Crippen LogP contribution is -2.10. The Kier molecular flexibility index (Phi) is 15.6. The van der Waals surface area contributed by atoms with Gasteiger partial charge in [0.15, 0.2) is 0 Å². The normalized spacial score (nSPS) is 13.2.